The maximum Gasteiger partial charge on any atom is 0.0605 e. The molecule has 0 aromatic heterocycles. The van der Waals surface area contributed by atoms with Crippen molar-refractivity contribution in [1.29, 1.82) is 0 Å². The van der Waals surface area contributed by atoms with Gasteiger partial charge in [0.15, 0.2) is 0 Å². The smallest absolute Gasteiger partial charge is 0.0605 e. The van der Waals surface area contributed by atoms with Gasteiger partial charge in [0.1, 0.15) is 0 Å². The second-order valence-electron chi connectivity index (χ2n) is 4.06. The molecule has 2 N–H and O–H groups in total. The SMILES string of the molecule is CN(C)C[C@H]1CC[C@@H](O)C[C@H]1O. The van der Waals surface area contributed by atoms with E-state index >= 15 is 0 Å². The number of hydrogen-bond acceptors (Lipinski definition) is 3. The van der Waals surface area contributed by atoms with Crippen molar-refractivity contribution in [3.05, 3.63) is 0 Å². The van der Waals surface area contributed by atoms with Gasteiger partial charge in [0.25, 0.3) is 0 Å². The summed E-state index contributed by atoms with van der Waals surface area (Å²) >= 11 is 0. The summed E-state index contributed by atoms with van der Waals surface area (Å²) < 4.78 is 0. The van der Waals surface area contributed by atoms with Crippen LogP contribution in [0.15, 0.2) is 0 Å². The van der Waals surface area contributed by atoms with Gasteiger partial charge in [-0.2, -0.15) is 0 Å². The summed E-state index contributed by atoms with van der Waals surface area (Å²) in [4.78, 5) is 2.09. The Hall–Kier alpha value is -0.120. The number of rotatable bonds is 2. The van der Waals surface area contributed by atoms with Gasteiger partial charge >= 0.3 is 0 Å². The van der Waals surface area contributed by atoms with E-state index in [0.29, 0.717) is 12.3 Å². The summed E-state index contributed by atoms with van der Waals surface area (Å²) in [7, 11) is 4.02. The molecule has 1 fully saturated rings. The third-order valence-corrected chi connectivity index (χ3v) is 2.53. The monoisotopic (exact) mass is 173 g/mol. The average Bonchev–Trinajstić information content (AvgIpc) is 1.94. The molecule has 0 aromatic rings. The van der Waals surface area contributed by atoms with Crippen molar-refractivity contribution in [2.45, 2.75) is 31.5 Å². The topological polar surface area (TPSA) is 43.7 Å². The first kappa shape index (κ1) is 9.96. The Kier molecular flexibility index (Phi) is 3.50. The van der Waals surface area contributed by atoms with Crippen LogP contribution in [0, 0.1) is 5.92 Å². The third-order valence-electron chi connectivity index (χ3n) is 2.53. The highest BCUT2D eigenvalue weighted by Gasteiger charge is 2.27. The molecule has 0 bridgehead atoms. The first-order valence-corrected chi connectivity index (χ1v) is 4.60. The lowest BCUT2D eigenvalue weighted by molar-refractivity contribution is -0.00631. The van der Waals surface area contributed by atoms with Crippen LogP contribution in [0.4, 0.5) is 0 Å². The van der Waals surface area contributed by atoms with Crippen LogP contribution >= 0.6 is 0 Å². The van der Waals surface area contributed by atoms with Crippen LogP contribution in [-0.2, 0) is 0 Å². The van der Waals surface area contributed by atoms with Crippen LogP contribution in [-0.4, -0.2) is 48.0 Å². The van der Waals surface area contributed by atoms with Crippen molar-refractivity contribution in [3.63, 3.8) is 0 Å². The van der Waals surface area contributed by atoms with E-state index in [2.05, 4.69) is 4.90 Å². The van der Waals surface area contributed by atoms with Gasteiger partial charge in [0.2, 0.25) is 0 Å². The van der Waals surface area contributed by atoms with Gasteiger partial charge < -0.3 is 15.1 Å². The van der Waals surface area contributed by atoms with Gasteiger partial charge in [0.05, 0.1) is 12.2 Å². The third kappa shape index (κ3) is 2.73. The molecule has 1 aliphatic carbocycles. The zero-order chi connectivity index (χ0) is 9.14. The zero-order valence-corrected chi connectivity index (χ0v) is 7.90. The van der Waals surface area contributed by atoms with Crippen molar-refractivity contribution in [3.8, 4) is 0 Å². The normalized spacial score (nSPS) is 37.2. The van der Waals surface area contributed by atoms with E-state index in [1.807, 2.05) is 14.1 Å². The molecular weight excluding hydrogens is 154 g/mol. The lowest BCUT2D eigenvalue weighted by Crippen LogP contribution is -2.37. The molecule has 3 nitrogen and oxygen atoms in total. The molecule has 0 radical (unpaired) electrons. The second-order valence-corrected chi connectivity index (χ2v) is 4.06. The molecule has 1 aliphatic rings. The van der Waals surface area contributed by atoms with Gasteiger partial charge in [-0.15, -0.1) is 0 Å². The average molecular weight is 173 g/mol. The molecule has 0 aromatic carbocycles. The van der Waals surface area contributed by atoms with Gasteiger partial charge in [-0.25, -0.2) is 0 Å². The first-order chi connectivity index (χ1) is 5.59. The van der Waals surface area contributed by atoms with Crippen LogP contribution in [0.5, 0.6) is 0 Å². The minimum Gasteiger partial charge on any atom is -0.393 e. The highest BCUT2D eigenvalue weighted by atomic mass is 16.3. The molecule has 0 spiro atoms. The Morgan fingerprint density at radius 2 is 1.92 bits per heavy atom. The van der Waals surface area contributed by atoms with E-state index in [0.717, 1.165) is 19.4 Å². The highest BCUT2D eigenvalue weighted by Crippen LogP contribution is 2.24. The minimum absolute atomic E-state index is 0.279. The van der Waals surface area contributed by atoms with E-state index in [9.17, 15) is 10.2 Å². The molecule has 0 unspecified atom stereocenters. The Morgan fingerprint density at radius 1 is 1.25 bits per heavy atom. The molecule has 72 valence electrons. The number of aliphatic hydroxyl groups excluding tert-OH is 2. The van der Waals surface area contributed by atoms with E-state index in [1.165, 1.54) is 0 Å². The van der Waals surface area contributed by atoms with Crippen LogP contribution in [0.3, 0.4) is 0 Å². The maximum absolute atomic E-state index is 9.60. The van der Waals surface area contributed by atoms with E-state index in [-0.39, 0.29) is 12.2 Å². The van der Waals surface area contributed by atoms with Crippen LogP contribution in [0.1, 0.15) is 19.3 Å². The molecule has 3 heteroatoms. The quantitative estimate of drug-likeness (QED) is 0.621. The lowest BCUT2D eigenvalue weighted by atomic mass is 9.84. The fraction of sp³-hybridized carbons (Fsp3) is 1.00. The molecule has 0 amide bonds. The highest BCUT2D eigenvalue weighted by molar-refractivity contribution is 4.80. The number of nitrogens with zero attached hydrogens (tertiary/aromatic N) is 1. The molecule has 12 heavy (non-hydrogen) atoms. The Bertz CT molecular complexity index is 138. The summed E-state index contributed by atoms with van der Waals surface area (Å²) in [5.41, 5.74) is 0. The van der Waals surface area contributed by atoms with Gasteiger partial charge in [-0.3, -0.25) is 0 Å². The largest absolute Gasteiger partial charge is 0.393 e. The summed E-state index contributed by atoms with van der Waals surface area (Å²) in [6.45, 7) is 0.924. The summed E-state index contributed by atoms with van der Waals surface area (Å²) in [6, 6.07) is 0. The molecular formula is C9H19NO2. The fourth-order valence-corrected chi connectivity index (χ4v) is 1.87. The van der Waals surface area contributed by atoms with Crippen LogP contribution in [0.2, 0.25) is 0 Å². The molecule has 3 atom stereocenters. The van der Waals surface area contributed by atoms with E-state index in [1.54, 1.807) is 0 Å². The Labute approximate surface area is 74.0 Å². The molecule has 0 aliphatic heterocycles. The maximum atomic E-state index is 9.60. The van der Waals surface area contributed by atoms with E-state index in [4.69, 9.17) is 0 Å². The van der Waals surface area contributed by atoms with Gasteiger partial charge in [0, 0.05) is 6.54 Å². The predicted octanol–water partition coefficient (Wildman–Crippen LogP) is 0.0699. The fourth-order valence-electron chi connectivity index (χ4n) is 1.87. The predicted molar refractivity (Wildman–Crippen MR) is 47.9 cm³/mol. The molecule has 0 saturated heterocycles. The van der Waals surface area contributed by atoms with Crippen LogP contribution in [0.25, 0.3) is 0 Å². The minimum atomic E-state index is -0.309. The van der Waals surface area contributed by atoms with Crippen LogP contribution < -0.4 is 0 Å². The van der Waals surface area contributed by atoms with Gasteiger partial charge in [-0.05, 0) is 39.3 Å². The van der Waals surface area contributed by atoms with Crippen molar-refractivity contribution < 1.29 is 10.2 Å². The van der Waals surface area contributed by atoms with Gasteiger partial charge in [-0.1, -0.05) is 0 Å². The first-order valence-electron chi connectivity index (χ1n) is 4.60. The molecule has 0 heterocycles. The molecule has 1 rings (SSSR count). The Balaban J connectivity index is 2.34. The van der Waals surface area contributed by atoms with Crippen molar-refractivity contribution >= 4 is 0 Å². The van der Waals surface area contributed by atoms with E-state index < -0.39 is 0 Å². The molecule has 1 saturated carbocycles. The number of hydrogen-bond donors (Lipinski definition) is 2. The summed E-state index contributed by atoms with van der Waals surface area (Å²) in [6.07, 6.45) is 1.75. The zero-order valence-electron chi connectivity index (χ0n) is 7.90. The van der Waals surface area contributed by atoms with Crippen molar-refractivity contribution in [2.24, 2.45) is 5.92 Å². The second kappa shape index (κ2) is 4.21. The van der Waals surface area contributed by atoms with Crippen molar-refractivity contribution in [1.82, 2.24) is 4.90 Å². The Morgan fingerprint density at radius 3 is 2.42 bits per heavy atom. The summed E-state index contributed by atoms with van der Waals surface area (Å²) in [5.74, 6) is 0.350. The van der Waals surface area contributed by atoms with Crippen molar-refractivity contribution in [2.75, 3.05) is 20.6 Å². The standard InChI is InChI=1S/C9H19NO2/c1-10(2)6-7-3-4-8(11)5-9(7)12/h7-9,11-12H,3-6H2,1-2H3/t7-,8-,9-/m1/s1. The summed E-state index contributed by atoms with van der Waals surface area (Å²) in [5, 5.41) is 18.9. The lowest BCUT2D eigenvalue weighted by Gasteiger charge is -2.32. The number of aliphatic hydroxyl groups is 2.